The van der Waals surface area contributed by atoms with Gasteiger partial charge in [-0.2, -0.15) is 0 Å². The van der Waals surface area contributed by atoms with Crippen LogP contribution in [0.3, 0.4) is 0 Å². The highest BCUT2D eigenvalue weighted by atomic mass is 35.5. The van der Waals surface area contributed by atoms with E-state index in [9.17, 15) is 14.9 Å². The number of aromatic nitrogens is 3. The molecule has 1 aromatic carbocycles. The highest BCUT2D eigenvalue weighted by Gasteiger charge is 2.26. The predicted molar refractivity (Wildman–Crippen MR) is 111 cm³/mol. The SMILES string of the molecule is Cc1nc([N+](=O)[O-])cn1CCC(=O)N1CCC(c2nc3cc(Cl)ccc3s2)CC1. The van der Waals surface area contributed by atoms with Gasteiger partial charge < -0.3 is 19.6 Å². The molecule has 0 N–H and O–H groups in total. The maximum atomic E-state index is 12.6. The second-order valence-electron chi connectivity index (χ2n) is 7.17. The number of hydrogen-bond acceptors (Lipinski definition) is 6. The first-order valence-corrected chi connectivity index (χ1v) is 10.6. The molecule has 0 atom stereocenters. The molecule has 3 aromatic rings. The molecule has 0 unspecified atom stereocenters. The smallest absolute Gasteiger partial charge is 0.358 e. The Morgan fingerprint density at radius 2 is 2.10 bits per heavy atom. The lowest BCUT2D eigenvalue weighted by Gasteiger charge is -2.31. The number of carbonyl (C=O) groups is 1. The molecular weight excluding hydrogens is 414 g/mol. The van der Waals surface area contributed by atoms with Crippen LogP contribution < -0.4 is 0 Å². The van der Waals surface area contributed by atoms with Gasteiger partial charge in [0.25, 0.3) is 0 Å². The lowest BCUT2D eigenvalue weighted by molar-refractivity contribution is -0.389. The van der Waals surface area contributed by atoms with Crippen molar-refractivity contribution in [2.45, 2.75) is 38.6 Å². The Balaban J connectivity index is 1.32. The van der Waals surface area contributed by atoms with E-state index in [2.05, 4.69) is 4.98 Å². The topological polar surface area (TPSA) is 94.2 Å². The van der Waals surface area contributed by atoms with E-state index in [1.165, 1.54) is 6.20 Å². The normalized spacial score (nSPS) is 15.2. The minimum Gasteiger partial charge on any atom is -0.358 e. The Morgan fingerprint density at radius 3 is 2.79 bits per heavy atom. The molecule has 152 valence electrons. The molecule has 0 spiro atoms. The van der Waals surface area contributed by atoms with E-state index in [4.69, 9.17) is 16.6 Å². The first-order chi connectivity index (χ1) is 13.9. The van der Waals surface area contributed by atoms with Crippen molar-refractivity contribution in [2.75, 3.05) is 13.1 Å². The quantitative estimate of drug-likeness (QED) is 0.444. The van der Waals surface area contributed by atoms with Gasteiger partial charge >= 0.3 is 5.82 Å². The summed E-state index contributed by atoms with van der Waals surface area (Å²) in [6.07, 6.45) is 3.45. The van der Waals surface area contributed by atoms with Gasteiger partial charge in [0.05, 0.1) is 15.2 Å². The number of likely N-dealkylation sites (tertiary alicyclic amines) is 1. The van der Waals surface area contributed by atoms with Crippen molar-refractivity contribution in [3.8, 4) is 0 Å². The standard InChI is InChI=1S/C19H20ClN5O3S/c1-12-21-17(25(27)28)11-24(12)9-6-18(26)23-7-4-13(5-8-23)19-22-15-10-14(20)2-3-16(15)29-19/h2-3,10-11,13H,4-9H2,1H3. The zero-order valence-electron chi connectivity index (χ0n) is 15.9. The Morgan fingerprint density at radius 1 is 1.34 bits per heavy atom. The van der Waals surface area contributed by atoms with Crippen molar-refractivity contribution in [3.05, 3.63) is 50.4 Å². The van der Waals surface area contributed by atoms with Crippen LogP contribution in [0.15, 0.2) is 24.4 Å². The van der Waals surface area contributed by atoms with Crippen LogP contribution in [-0.4, -0.2) is 43.4 Å². The Bertz CT molecular complexity index is 1070. The molecule has 1 amide bonds. The molecule has 1 aliphatic heterocycles. The minimum atomic E-state index is -0.522. The minimum absolute atomic E-state index is 0.0651. The number of hydrogen-bond donors (Lipinski definition) is 0. The van der Waals surface area contributed by atoms with Crippen LogP contribution in [0.4, 0.5) is 5.82 Å². The summed E-state index contributed by atoms with van der Waals surface area (Å²) in [5, 5.41) is 12.6. The number of nitrogens with zero attached hydrogens (tertiary/aromatic N) is 5. The van der Waals surface area contributed by atoms with E-state index in [1.54, 1.807) is 22.8 Å². The number of amides is 1. The van der Waals surface area contributed by atoms with Gasteiger partial charge in [0, 0.05) is 43.9 Å². The number of piperidine rings is 1. The summed E-state index contributed by atoms with van der Waals surface area (Å²) in [5.74, 6) is 0.774. The molecule has 0 saturated carbocycles. The fourth-order valence-corrected chi connectivity index (χ4v) is 4.93. The van der Waals surface area contributed by atoms with E-state index in [0.717, 1.165) is 28.1 Å². The molecule has 1 saturated heterocycles. The van der Waals surface area contributed by atoms with Crippen molar-refractivity contribution in [1.82, 2.24) is 19.4 Å². The highest BCUT2D eigenvalue weighted by molar-refractivity contribution is 7.18. The summed E-state index contributed by atoms with van der Waals surface area (Å²) in [5.41, 5.74) is 0.931. The second-order valence-corrected chi connectivity index (χ2v) is 8.66. The molecule has 8 nitrogen and oxygen atoms in total. The van der Waals surface area contributed by atoms with Crippen molar-refractivity contribution in [1.29, 1.82) is 0 Å². The number of carbonyl (C=O) groups excluding carboxylic acids is 1. The summed E-state index contributed by atoms with van der Waals surface area (Å²) < 4.78 is 2.79. The first kappa shape index (κ1) is 19.8. The van der Waals surface area contributed by atoms with Gasteiger partial charge in [0.15, 0.2) is 0 Å². The number of halogens is 1. The zero-order chi connectivity index (χ0) is 20.5. The molecule has 2 aromatic heterocycles. The van der Waals surface area contributed by atoms with Gasteiger partial charge in [-0.3, -0.25) is 4.79 Å². The first-order valence-electron chi connectivity index (χ1n) is 9.42. The third-order valence-corrected chi connectivity index (χ3v) is 6.71. The van der Waals surface area contributed by atoms with Gasteiger partial charge in [-0.25, -0.2) is 4.98 Å². The Kier molecular flexibility index (Phi) is 5.51. The van der Waals surface area contributed by atoms with Crippen LogP contribution in [0.25, 0.3) is 10.2 Å². The molecule has 1 fully saturated rings. The molecule has 0 radical (unpaired) electrons. The van der Waals surface area contributed by atoms with Crippen molar-refractivity contribution < 1.29 is 9.72 Å². The number of rotatable bonds is 5. The van der Waals surface area contributed by atoms with Crippen LogP contribution in [-0.2, 0) is 11.3 Å². The summed E-state index contributed by atoms with van der Waals surface area (Å²) in [6, 6.07) is 5.77. The lowest BCUT2D eigenvalue weighted by atomic mass is 9.97. The third kappa shape index (κ3) is 4.25. The molecule has 0 bridgehead atoms. The number of fused-ring (bicyclic) bond motifs is 1. The van der Waals surface area contributed by atoms with E-state index >= 15 is 0 Å². The average molecular weight is 434 g/mol. The van der Waals surface area contributed by atoms with Crippen molar-refractivity contribution in [2.24, 2.45) is 0 Å². The van der Waals surface area contributed by atoms with Gasteiger partial charge in [0.2, 0.25) is 11.7 Å². The zero-order valence-corrected chi connectivity index (χ0v) is 17.4. The van der Waals surface area contributed by atoms with Gasteiger partial charge in [0.1, 0.15) is 6.20 Å². The summed E-state index contributed by atoms with van der Waals surface area (Å²) in [7, 11) is 0. The number of nitro groups is 1. The van der Waals surface area contributed by atoms with E-state index in [1.807, 2.05) is 23.1 Å². The monoisotopic (exact) mass is 433 g/mol. The van der Waals surface area contributed by atoms with Crippen LogP contribution >= 0.6 is 22.9 Å². The number of aryl methyl sites for hydroxylation is 2. The van der Waals surface area contributed by atoms with Crippen molar-refractivity contribution >= 4 is 44.9 Å². The molecule has 29 heavy (non-hydrogen) atoms. The largest absolute Gasteiger partial charge is 0.381 e. The summed E-state index contributed by atoms with van der Waals surface area (Å²) in [6.45, 7) is 3.49. The van der Waals surface area contributed by atoms with Gasteiger partial charge in [-0.05, 0) is 40.9 Å². The van der Waals surface area contributed by atoms with E-state index in [-0.39, 0.29) is 11.7 Å². The molecule has 3 heterocycles. The summed E-state index contributed by atoms with van der Waals surface area (Å²) >= 11 is 7.75. The number of thiazole rings is 1. The molecule has 4 rings (SSSR count). The Labute approximate surface area is 176 Å². The van der Waals surface area contributed by atoms with E-state index in [0.29, 0.717) is 42.8 Å². The maximum Gasteiger partial charge on any atom is 0.381 e. The van der Waals surface area contributed by atoms with E-state index < -0.39 is 4.92 Å². The van der Waals surface area contributed by atoms with Gasteiger partial charge in [-0.1, -0.05) is 11.6 Å². The lowest BCUT2D eigenvalue weighted by Crippen LogP contribution is -2.38. The van der Waals surface area contributed by atoms with Crippen LogP contribution in [0.2, 0.25) is 5.02 Å². The van der Waals surface area contributed by atoms with Gasteiger partial charge in [-0.15, -0.1) is 11.3 Å². The molecular formula is C19H20ClN5O3S. The fraction of sp³-hybridized carbons (Fsp3) is 0.421. The highest BCUT2D eigenvalue weighted by Crippen LogP contribution is 2.34. The summed E-state index contributed by atoms with van der Waals surface area (Å²) in [4.78, 5) is 33.4. The van der Waals surface area contributed by atoms with Crippen LogP contribution in [0.1, 0.15) is 36.0 Å². The van der Waals surface area contributed by atoms with Crippen molar-refractivity contribution in [3.63, 3.8) is 0 Å². The number of imidazole rings is 1. The maximum absolute atomic E-state index is 12.6. The average Bonchev–Trinajstić information content (AvgIpc) is 3.29. The predicted octanol–water partition coefficient (Wildman–Crippen LogP) is 4.16. The van der Waals surface area contributed by atoms with Crippen LogP contribution in [0, 0.1) is 17.0 Å². The number of benzene rings is 1. The molecule has 0 aliphatic carbocycles. The molecule has 1 aliphatic rings. The fourth-order valence-electron chi connectivity index (χ4n) is 3.65. The van der Waals surface area contributed by atoms with Crippen LogP contribution in [0.5, 0.6) is 0 Å². The second kappa shape index (κ2) is 8.08. The third-order valence-electron chi connectivity index (χ3n) is 5.28. The Hall–Kier alpha value is -2.52. The molecule has 10 heteroatoms.